The van der Waals surface area contributed by atoms with Crippen LogP contribution in [0.25, 0.3) is 33.4 Å². The fourth-order valence-electron chi connectivity index (χ4n) is 6.65. The standard InChI is InChI=1S/C38H43FN2O5/c1-5-32(42)35-30-22-29(31(41(6-2)7-3)23-33(30)46-36(35)25-15-17-28(39)18-16-25)26-13-12-14-27(21-26)37(44)40-38(19-10-9-11-20-38)24-34(43)45-8-4/h12-18,21-23H,5-11,19-20,24H2,1-4H3,(H,40,44). The van der Waals surface area contributed by atoms with Gasteiger partial charge in [-0.05, 0) is 81.6 Å². The summed E-state index contributed by atoms with van der Waals surface area (Å²) < 4.78 is 25.4. The van der Waals surface area contributed by atoms with Crippen molar-refractivity contribution in [2.75, 3.05) is 24.6 Å². The zero-order chi connectivity index (χ0) is 32.8. The summed E-state index contributed by atoms with van der Waals surface area (Å²) in [5, 5.41) is 3.90. The number of esters is 1. The minimum Gasteiger partial charge on any atom is -0.466 e. The topological polar surface area (TPSA) is 88.8 Å². The molecule has 1 heterocycles. The maximum absolute atomic E-state index is 13.8. The molecule has 242 valence electrons. The number of ether oxygens (including phenoxy) is 1. The molecule has 1 aliphatic carbocycles. The first-order chi connectivity index (χ1) is 22.2. The number of Topliss-reactive ketones (excluding diaryl/α,β-unsaturated/α-hetero) is 1. The highest BCUT2D eigenvalue weighted by Crippen LogP contribution is 2.42. The lowest BCUT2D eigenvalue weighted by molar-refractivity contribution is -0.145. The predicted octanol–water partition coefficient (Wildman–Crippen LogP) is 8.73. The van der Waals surface area contributed by atoms with Gasteiger partial charge in [0.1, 0.15) is 17.2 Å². The van der Waals surface area contributed by atoms with E-state index in [2.05, 4.69) is 24.1 Å². The Morgan fingerprint density at radius 1 is 0.913 bits per heavy atom. The number of nitrogens with one attached hydrogen (secondary N) is 1. The zero-order valence-corrected chi connectivity index (χ0v) is 27.2. The van der Waals surface area contributed by atoms with Gasteiger partial charge in [0.15, 0.2) is 5.78 Å². The summed E-state index contributed by atoms with van der Waals surface area (Å²) in [5.74, 6) is -0.562. The predicted molar refractivity (Wildman–Crippen MR) is 180 cm³/mol. The van der Waals surface area contributed by atoms with Crippen LogP contribution in [0.4, 0.5) is 10.1 Å². The van der Waals surface area contributed by atoms with Crippen LogP contribution in [0, 0.1) is 5.82 Å². The molecule has 0 aliphatic heterocycles. The Morgan fingerprint density at radius 3 is 2.28 bits per heavy atom. The fourth-order valence-corrected chi connectivity index (χ4v) is 6.65. The van der Waals surface area contributed by atoms with E-state index in [1.807, 2.05) is 37.3 Å². The average molecular weight is 627 g/mol. The summed E-state index contributed by atoms with van der Waals surface area (Å²) in [4.78, 5) is 41.9. The van der Waals surface area contributed by atoms with Gasteiger partial charge < -0.3 is 19.4 Å². The van der Waals surface area contributed by atoms with E-state index in [-0.39, 0.29) is 36.3 Å². The molecule has 0 saturated heterocycles. The molecule has 0 spiro atoms. The Labute approximate surface area is 270 Å². The van der Waals surface area contributed by atoms with Gasteiger partial charge in [-0.15, -0.1) is 0 Å². The summed E-state index contributed by atoms with van der Waals surface area (Å²) in [6, 6.07) is 17.4. The molecule has 0 bridgehead atoms. The van der Waals surface area contributed by atoms with Gasteiger partial charge >= 0.3 is 5.97 Å². The SMILES string of the molecule is CCOC(=O)CC1(NC(=O)c2cccc(-c3cc4c(C(=O)CC)c(-c5ccc(F)cc5)oc4cc3N(CC)CC)c2)CCCCC1. The van der Waals surface area contributed by atoms with Crippen LogP contribution < -0.4 is 10.2 Å². The van der Waals surface area contributed by atoms with Crippen molar-refractivity contribution in [3.63, 3.8) is 0 Å². The Kier molecular flexibility index (Phi) is 10.2. The van der Waals surface area contributed by atoms with Crippen molar-refractivity contribution in [1.29, 1.82) is 0 Å². The third-order valence-corrected chi connectivity index (χ3v) is 9.03. The maximum atomic E-state index is 13.8. The highest BCUT2D eigenvalue weighted by molar-refractivity contribution is 6.13. The van der Waals surface area contributed by atoms with Crippen LogP contribution in [0.2, 0.25) is 0 Å². The number of halogens is 1. The van der Waals surface area contributed by atoms with Gasteiger partial charge in [0.2, 0.25) is 0 Å². The molecule has 1 aromatic heterocycles. The van der Waals surface area contributed by atoms with E-state index in [0.717, 1.165) is 62.0 Å². The minimum atomic E-state index is -0.633. The average Bonchev–Trinajstić information content (AvgIpc) is 3.44. The number of benzene rings is 3. The van der Waals surface area contributed by atoms with Crippen LogP contribution in [-0.4, -0.2) is 42.9 Å². The first-order valence-electron chi connectivity index (χ1n) is 16.5. The van der Waals surface area contributed by atoms with Crippen molar-refractivity contribution in [2.24, 2.45) is 0 Å². The van der Waals surface area contributed by atoms with Gasteiger partial charge in [-0.2, -0.15) is 0 Å². The molecule has 0 radical (unpaired) electrons. The highest BCUT2D eigenvalue weighted by atomic mass is 19.1. The maximum Gasteiger partial charge on any atom is 0.308 e. The summed E-state index contributed by atoms with van der Waals surface area (Å²) in [7, 11) is 0. The van der Waals surface area contributed by atoms with Crippen molar-refractivity contribution in [2.45, 2.75) is 78.2 Å². The van der Waals surface area contributed by atoms with Crippen LogP contribution >= 0.6 is 0 Å². The molecule has 0 atom stereocenters. The monoisotopic (exact) mass is 626 g/mol. The van der Waals surface area contributed by atoms with E-state index in [1.165, 1.54) is 12.1 Å². The van der Waals surface area contributed by atoms with E-state index in [9.17, 15) is 18.8 Å². The van der Waals surface area contributed by atoms with Gasteiger partial charge in [-0.3, -0.25) is 14.4 Å². The fraction of sp³-hybridized carbons (Fsp3) is 0.395. The summed E-state index contributed by atoms with van der Waals surface area (Å²) in [6.07, 6.45) is 4.84. The second-order valence-corrected chi connectivity index (χ2v) is 12.0. The molecule has 4 aromatic rings. The number of hydrogen-bond donors (Lipinski definition) is 1. The Bertz CT molecular complexity index is 1720. The number of ketones is 1. The van der Waals surface area contributed by atoms with Gasteiger partial charge in [-0.1, -0.05) is 38.3 Å². The van der Waals surface area contributed by atoms with E-state index in [0.29, 0.717) is 40.0 Å². The lowest BCUT2D eigenvalue weighted by Gasteiger charge is -2.37. The molecule has 7 nitrogen and oxygen atoms in total. The number of carbonyl (C=O) groups excluding carboxylic acids is 3. The molecule has 0 unspecified atom stereocenters. The number of rotatable bonds is 12. The summed E-state index contributed by atoms with van der Waals surface area (Å²) in [5.41, 5.74) is 4.10. The van der Waals surface area contributed by atoms with Crippen LogP contribution in [-0.2, 0) is 9.53 Å². The first-order valence-corrected chi connectivity index (χ1v) is 16.5. The zero-order valence-electron chi connectivity index (χ0n) is 27.2. The molecule has 1 N–H and O–H groups in total. The second-order valence-electron chi connectivity index (χ2n) is 12.0. The van der Waals surface area contributed by atoms with E-state index in [1.54, 1.807) is 25.1 Å². The van der Waals surface area contributed by atoms with Gasteiger partial charge in [0.05, 0.1) is 24.1 Å². The molecular weight excluding hydrogens is 583 g/mol. The number of carbonyl (C=O) groups is 3. The molecule has 3 aromatic carbocycles. The van der Waals surface area contributed by atoms with Gasteiger partial charge in [0, 0.05) is 53.3 Å². The molecule has 8 heteroatoms. The lowest BCUT2D eigenvalue weighted by Crippen LogP contribution is -2.51. The number of fused-ring (bicyclic) bond motifs is 1. The molecule has 1 fully saturated rings. The van der Waals surface area contributed by atoms with Crippen LogP contribution in [0.15, 0.2) is 65.1 Å². The number of anilines is 1. The van der Waals surface area contributed by atoms with Gasteiger partial charge in [-0.25, -0.2) is 4.39 Å². The Morgan fingerprint density at radius 2 is 1.63 bits per heavy atom. The Balaban J connectivity index is 1.60. The quantitative estimate of drug-likeness (QED) is 0.125. The normalized spacial score (nSPS) is 14.2. The second kappa shape index (κ2) is 14.3. The summed E-state index contributed by atoms with van der Waals surface area (Å²) >= 11 is 0. The molecule has 5 rings (SSSR count). The van der Waals surface area contributed by atoms with E-state index >= 15 is 0 Å². The minimum absolute atomic E-state index is 0.0767. The third-order valence-electron chi connectivity index (χ3n) is 9.03. The van der Waals surface area contributed by atoms with Crippen LogP contribution in [0.1, 0.15) is 93.4 Å². The molecular formula is C38H43FN2O5. The molecule has 1 aliphatic rings. The van der Waals surface area contributed by atoms with E-state index in [4.69, 9.17) is 9.15 Å². The summed E-state index contributed by atoms with van der Waals surface area (Å²) in [6.45, 7) is 9.52. The van der Waals surface area contributed by atoms with Crippen molar-refractivity contribution in [1.82, 2.24) is 5.32 Å². The van der Waals surface area contributed by atoms with Crippen molar-refractivity contribution in [3.8, 4) is 22.5 Å². The smallest absolute Gasteiger partial charge is 0.308 e. The highest BCUT2D eigenvalue weighted by Gasteiger charge is 2.36. The third kappa shape index (κ3) is 6.86. The first kappa shape index (κ1) is 32.9. The van der Waals surface area contributed by atoms with Crippen LogP contribution in [0.5, 0.6) is 0 Å². The number of amides is 1. The van der Waals surface area contributed by atoms with Crippen molar-refractivity contribution in [3.05, 3.63) is 77.6 Å². The lowest BCUT2D eigenvalue weighted by atomic mass is 9.79. The molecule has 1 amide bonds. The largest absolute Gasteiger partial charge is 0.466 e. The van der Waals surface area contributed by atoms with Crippen molar-refractivity contribution >= 4 is 34.3 Å². The number of nitrogens with zero attached hydrogens (tertiary/aromatic N) is 1. The Hall–Kier alpha value is -4.46. The van der Waals surface area contributed by atoms with Crippen molar-refractivity contribution < 1.29 is 27.9 Å². The van der Waals surface area contributed by atoms with Crippen LogP contribution in [0.3, 0.4) is 0 Å². The molecule has 1 saturated carbocycles. The van der Waals surface area contributed by atoms with Gasteiger partial charge in [0.25, 0.3) is 5.91 Å². The van der Waals surface area contributed by atoms with E-state index < -0.39 is 5.54 Å². The number of hydrogen-bond acceptors (Lipinski definition) is 6. The molecule has 46 heavy (non-hydrogen) atoms. The number of furan rings is 1.